The standard InChI is InChI=1S/C13H15NO4.C7H9NO2S/c1-8-7-14(13(8)15)9-5-10(16-2)12(18-4)11(6-9)17-3;1-9-6-4-2-3-5-7(6)10-11-8/h5-6H,1,7H2,2-4H3;2-5H,8H2,1H3. The van der Waals surface area contributed by atoms with Crippen LogP contribution in [-0.2, 0) is 4.79 Å². The van der Waals surface area contributed by atoms with Gasteiger partial charge in [-0.15, -0.1) is 0 Å². The first-order valence-electron chi connectivity index (χ1n) is 8.46. The Balaban J connectivity index is 0.000000234. The first kappa shape index (κ1) is 22.3. The largest absolute Gasteiger partial charge is 0.493 e. The number of rotatable bonds is 7. The van der Waals surface area contributed by atoms with Crippen LogP contribution < -0.4 is 33.2 Å². The van der Waals surface area contributed by atoms with Gasteiger partial charge in [0.15, 0.2) is 23.0 Å². The van der Waals surface area contributed by atoms with Gasteiger partial charge in [-0.25, -0.2) is 5.14 Å². The molecular weight excluding hydrogens is 396 g/mol. The number of methoxy groups -OCH3 is 4. The van der Waals surface area contributed by atoms with Crippen LogP contribution in [-0.4, -0.2) is 40.9 Å². The number of hydrogen-bond donors (Lipinski definition) is 1. The van der Waals surface area contributed by atoms with Crippen molar-refractivity contribution in [2.75, 3.05) is 39.9 Å². The minimum atomic E-state index is -0.0794. The number of anilines is 1. The summed E-state index contributed by atoms with van der Waals surface area (Å²) < 4.78 is 25.7. The Morgan fingerprint density at radius 1 is 0.931 bits per heavy atom. The summed E-state index contributed by atoms with van der Waals surface area (Å²) in [7, 11) is 6.20. The quantitative estimate of drug-likeness (QED) is 0.316. The number of benzene rings is 2. The van der Waals surface area contributed by atoms with Crippen LogP contribution >= 0.6 is 12.2 Å². The Morgan fingerprint density at radius 3 is 1.90 bits per heavy atom. The normalized spacial score (nSPS) is 12.4. The first-order chi connectivity index (χ1) is 14.0. The van der Waals surface area contributed by atoms with Crippen LogP contribution in [0.5, 0.6) is 28.7 Å². The van der Waals surface area contributed by atoms with E-state index in [1.54, 1.807) is 30.2 Å². The van der Waals surface area contributed by atoms with Crippen molar-refractivity contribution >= 4 is 23.8 Å². The van der Waals surface area contributed by atoms with E-state index < -0.39 is 0 Å². The number of nitrogens with two attached hydrogens (primary N) is 1. The van der Waals surface area contributed by atoms with Crippen molar-refractivity contribution in [3.8, 4) is 28.7 Å². The molecule has 1 saturated heterocycles. The number of hydrogen-bond acceptors (Lipinski definition) is 8. The molecule has 0 unspecified atom stereocenters. The molecule has 0 aliphatic carbocycles. The van der Waals surface area contributed by atoms with Crippen LogP contribution in [0.2, 0.25) is 0 Å². The average molecular weight is 420 g/mol. The highest BCUT2D eigenvalue weighted by atomic mass is 32.2. The maximum absolute atomic E-state index is 11.6. The maximum Gasteiger partial charge on any atom is 0.255 e. The molecule has 0 aromatic heterocycles. The number of nitrogens with zero attached hydrogens (tertiary/aromatic N) is 1. The lowest BCUT2D eigenvalue weighted by atomic mass is 10.1. The van der Waals surface area contributed by atoms with Crippen LogP contribution in [0.1, 0.15) is 0 Å². The van der Waals surface area contributed by atoms with Crippen molar-refractivity contribution in [1.82, 2.24) is 0 Å². The van der Waals surface area contributed by atoms with E-state index >= 15 is 0 Å². The molecule has 0 spiro atoms. The lowest BCUT2D eigenvalue weighted by Crippen LogP contribution is -2.45. The molecule has 156 valence electrons. The predicted molar refractivity (Wildman–Crippen MR) is 113 cm³/mol. The van der Waals surface area contributed by atoms with Crippen LogP contribution in [0, 0.1) is 0 Å². The van der Waals surface area contributed by atoms with E-state index in [4.69, 9.17) is 28.3 Å². The minimum Gasteiger partial charge on any atom is -0.493 e. The highest BCUT2D eigenvalue weighted by Crippen LogP contribution is 2.42. The lowest BCUT2D eigenvalue weighted by molar-refractivity contribution is -0.117. The number of para-hydroxylation sites is 2. The molecule has 1 heterocycles. The molecule has 0 bridgehead atoms. The molecule has 0 saturated carbocycles. The summed E-state index contributed by atoms with van der Waals surface area (Å²) in [5.74, 6) is 2.81. The van der Waals surface area contributed by atoms with E-state index in [1.807, 2.05) is 18.2 Å². The summed E-state index contributed by atoms with van der Waals surface area (Å²) in [4.78, 5) is 13.2. The monoisotopic (exact) mass is 420 g/mol. The summed E-state index contributed by atoms with van der Waals surface area (Å²) in [6.45, 7) is 4.18. The zero-order valence-corrected chi connectivity index (χ0v) is 17.6. The molecule has 29 heavy (non-hydrogen) atoms. The Morgan fingerprint density at radius 2 is 1.48 bits per heavy atom. The Kier molecular flexibility index (Phi) is 8.05. The van der Waals surface area contributed by atoms with Gasteiger partial charge in [0.2, 0.25) is 5.75 Å². The number of carbonyl (C=O) groups is 1. The second kappa shape index (κ2) is 10.5. The van der Waals surface area contributed by atoms with E-state index in [-0.39, 0.29) is 5.91 Å². The number of β-lactam (4-membered cyclic amide) rings is 1. The van der Waals surface area contributed by atoms with Crippen molar-refractivity contribution < 1.29 is 27.9 Å². The zero-order valence-electron chi connectivity index (χ0n) is 16.8. The predicted octanol–water partition coefficient (Wildman–Crippen LogP) is 3.21. The molecule has 0 atom stereocenters. The minimum absolute atomic E-state index is 0.0794. The highest BCUT2D eigenvalue weighted by molar-refractivity contribution is 7.92. The Hall–Kier alpha value is -3.04. The summed E-state index contributed by atoms with van der Waals surface area (Å²) in [6, 6.07) is 10.8. The van der Waals surface area contributed by atoms with E-state index in [1.165, 1.54) is 21.3 Å². The summed E-state index contributed by atoms with van der Waals surface area (Å²) in [5.41, 5.74) is 1.31. The van der Waals surface area contributed by atoms with Gasteiger partial charge in [0.1, 0.15) is 12.2 Å². The molecule has 2 N–H and O–H groups in total. The van der Waals surface area contributed by atoms with Gasteiger partial charge in [-0.1, -0.05) is 18.7 Å². The van der Waals surface area contributed by atoms with Gasteiger partial charge in [-0.2, -0.15) is 0 Å². The van der Waals surface area contributed by atoms with Gasteiger partial charge in [-0.3, -0.25) is 4.79 Å². The van der Waals surface area contributed by atoms with Gasteiger partial charge in [0.05, 0.1) is 40.7 Å². The topological polar surface area (TPSA) is 92.5 Å². The number of amides is 1. The fraction of sp³-hybridized carbons (Fsp3) is 0.250. The van der Waals surface area contributed by atoms with Crippen molar-refractivity contribution in [2.45, 2.75) is 0 Å². The van der Waals surface area contributed by atoms with Crippen LogP contribution in [0.15, 0.2) is 48.6 Å². The molecule has 1 amide bonds. The molecule has 3 rings (SSSR count). The second-order valence-corrected chi connectivity index (χ2v) is 6.07. The second-order valence-electron chi connectivity index (χ2n) is 5.71. The third-order valence-electron chi connectivity index (χ3n) is 4.06. The van der Waals surface area contributed by atoms with Crippen molar-refractivity contribution in [3.63, 3.8) is 0 Å². The summed E-state index contributed by atoms with van der Waals surface area (Å²) in [5, 5.41) is 5.12. The van der Waals surface area contributed by atoms with Crippen LogP contribution in [0.4, 0.5) is 5.69 Å². The SMILES string of the molecule is C=C1CN(c2cc(OC)c(OC)c(OC)c2)C1=O.COc1ccccc1OSN. The third kappa shape index (κ3) is 5.07. The van der Waals surface area contributed by atoms with E-state index in [2.05, 4.69) is 6.58 Å². The first-order valence-corrected chi connectivity index (χ1v) is 9.27. The molecule has 0 radical (unpaired) electrons. The van der Waals surface area contributed by atoms with Crippen molar-refractivity contribution in [2.24, 2.45) is 5.14 Å². The fourth-order valence-electron chi connectivity index (χ4n) is 2.60. The van der Waals surface area contributed by atoms with Crippen LogP contribution in [0.3, 0.4) is 0 Å². The summed E-state index contributed by atoms with van der Waals surface area (Å²) in [6.07, 6.45) is 0. The number of ether oxygens (including phenoxy) is 4. The van der Waals surface area contributed by atoms with Gasteiger partial charge in [0, 0.05) is 17.7 Å². The average Bonchev–Trinajstić information content (AvgIpc) is 2.77. The third-order valence-corrected chi connectivity index (χ3v) is 4.34. The zero-order chi connectivity index (χ0) is 21.4. The van der Waals surface area contributed by atoms with Crippen molar-refractivity contribution in [1.29, 1.82) is 0 Å². The maximum atomic E-state index is 11.6. The molecule has 2 aromatic carbocycles. The van der Waals surface area contributed by atoms with Crippen molar-refractivity contribution in [3.05, 3.63) is 48.6 Å². The molecule has 1 aliphatic rings. The highest BCUT2D eigenvalue weighted by Gasteiger charge is 2.31. The number of carbonyl (C=O) groups excluding carboxylic acids is 1. The van der Waals surface area contributed by atoms with Gasteiger partial charge >= 0.3 is 0 Å². The molecule has 9 heteroatoms. The van der Waals surface area contributed by atoms with E-state index in [9.17, 15) is 4.79 Å². The van der Waals surface area contributed by atoms with E-state index in [0.717, 1.165) is 12.2 Å². The Labute approximate surface area is 174 Å². The fourth-order valence-corrected chi connectivity index (χ4v) is 2.84. The van der Waals surface area contributed by atoms with E-state index in [0.29, 0.717) is 46.6 Å². The smallest absolute Gasteiger partial charge is 0.255 e. The van der Waals surface area contributed by atoms with Crippen LogP contribution in [0.25, 0.3) is 0 Å². The molecule has 8 nitrogen and oxygen atoms in total. The molecule has 1 fully saturated rings. The van der Waals surface area contributed by atoms with Gasteiger partial charge < -0.3 is 28.0 Å². The summed E-state index contributed by atoms with van der Waals surface area (Å²) >= 11 is 0.804. The van der Waals surface area contributed by atoms with Gasteiger partial charge in [0.25, 0.3) is 5.91 Å². The Bertz CT molecular complexity index is 849. The molecule has 2 aromatic rings. The molecule has 1 aliphatic heterocycles. The molecular formula is C20H24N2O6S. The van der Waals surface area contributed by atoms with Gasteiger partial charge in [-0.05, 0) is 12.1 Å². The lowest BCUT2D eigenvalue weighted by Gasteiger charge is -2.33.